The second-order valence-corrected chi connectivity index (χ2v) is 6.15. The van der Waals surface area contributed by atoms with Crippen molar-refractivity contribution in [2.75, 3.05) is 0 Å². The molecule has 0 bridgehead atoms. The van der Waals surface area contributed by atoms with Gasteiger partial charge in [0.25, 0.3) is 0 Å². The number of allylic oxidation sites excluding steroid dienone is 3. The summed E-state index contributed by atoms with van der Waals surface area (Å²) in [5.74, 6) is -0.771. The first-order valence-corrected chi connectivity index (χ1v) is 7.19. The lowest BCUT2D eigenvalue weighted by molar-refractivity contribution is 0.537. The molecule has 0 spiro atoms. The van der Waals surface area contributed by atoms with E-state index in [1.807, 2.05) is 13.8 Å². The highest BCUT2D eigenvalue weighted by molar-refractivity contribution is 7.18. The molecule has 2 N–H and O–H groups in total. The van der Waals surface area contributed by atoms with E-state index >= 15 is 0 Å². The van der Waals surface area contributed by atoms with E-state index in [0.717, 1.165) is 15.3 Å². The topological polar surface area (TPSA) is 38.9 Å². The maximum Gasteiger partial charge on any atom is 0.142 e. The van der Waals surface area contributed by atoms with Crippen molar-refractivity contribution in [2.45, 2.75) is 19.8 Å². The molecule has 0 saturated carbocycles. The van der Waals surface area contributed by atoms with Crippen LogP contribution in [0.15, 0.2) is 41.4 Å². The number of nitrogens with two attached hydrogens (primary N) is 1. The van der Waals surface area contributed by atoms with Gasteiger partial charge in [-0.25, -0.2) is 13.8 Å². The zero-order valence-corrected chi connectivity index (χ0v) is 12.0. The average molecular weight is 292 g/mol. The molecule has 1 heterocycles. The van der Waals surface area contributed by atoms with E-state index in [2.05, 4.69) is 4.98 Å². The number of benzene rings is 1. The van der Waals surface area contributed by atoms with Crippen molar-refractivity contribution in [3.63, 3.8) is 0 Å². The van der Waals surface area contributed by atoms with Gasteiger partial charge in [0.15, 0.2) is 0 Å². The minimum absolute atomic E-state index is 0.0832. The van der Waals surface area contributed by atoms with E-state index in [4.69, 9.17) is 5.73 Å². The van der Waals surface area contributed by atoms with Gasteiger partial charge in [0.1, 0.15) is 16.7 Å². The van der Waals surface area contributed by atoms with Crippen molar-refractivity contribution >= 4 is 21.6 Å². The molecule has 2 nitrogen and oxygen atoms in total. The Morgan fingerprint density at radius 3 is 2.80 bits per heavy atom. The van der Waals surface area contributed by atoms with Gasteiger partial charge in [-0.15, -0.1) is 11.3 Å². The molecule has 0 radical (unpaired) electrons. The molecule has 0 amide bonds. The van der Waals surface area contributed by atoms with Crippen molar-refractivity contribution in [1.82, 2.24) is 4.98 Å². The molecule has 20 heavy (non-hydrogen) atoms. The van der Waals surface area contributed by atoms with Gasteiger partial charge in [-0.2, -0.15) is 0 Å². The summed E-state index contributed by atoms with van der Waals surface area (Å²) in [5, 5.41) is 0.792. The number of nitrogens with zero attached hydrogens (tertiary/aromatic N) is 1. The van der Waals surface area contributed by atoms with Crippen LogP contribution in [0.4, 0.5) is 8.78 Å². The highest BCUT2D eigenvalue weighted by Gasteiger charge is 2.29. The number of hydrogen-bond donors (Lipinski definition) is 1. The van der Waals surface area contributed by atoms with Crippen LogP contribution in [0.3, 0.4) is 0 Å². The largest absolute Gasteiger partial charge is 0.396 e. The fraction of sp³-hybridized carbons (Fsp3) is 0.267. The van der Waals surface area contributed by atoms with E-state index in [9.17, 15) is 8.78 Å². The lowest BCUT2D eigenvalue weighted by atomic mass is 9.83. The van der Waals surface area contributed by atoms with Gasteiger partial charge >= 0.3 is 0 Å². The van der Waals surface area contributed by atoms with Crippen molar-refractivity contribution in [1.29, 1.82) is 0 Å². The number of rotatable bonds is 1. The van der Waals surface area contributed by atoms with Crippen LogP contribution in [0.5, 0.6) is 0 Å². The fourth-order valence-electron chi connectivity index (χ4n) is 2.44. The molecule has 1 aromatic carbocycles. The van der Waals surface area contributed by atoms with Crippen molar-refractivity contribution in [2.24, 2.45) is 11.7 Å². The van der Waals surface area contributed by atoms with Crippen LogP contribution in [0.2, 0.25) is 0 Å². The lowest BCUT2D eigenvalue weighted by Crippen LogP contribution is -2.19. The van der Waals surface area contributed by atoms with Crippen LogP contribution in [-0.2, 0) is 0 Å². The Morgan fingerprint density at radius 2 is 2.05 bits per heavy atom. The van der Waals surface area contributed by atoms with E-state index in [0.29, 0.717) is 5.52 Å². The Balaban J connectivity index is 2.07. The van der Waals surface area contributed by atoms with Crippen LogP contribution in [0.1, 0.15) is 24.8 Å². The van der Waals surface area contributed by atoms with Gasteiger partial charge < -0.3 is 5.73 Å². The quantitative estimate of drug-likeness (QED) is 0.853. The summed E-state index contributed by atoms with van der Waals surface area (Å²) in [5.41, 5.74) is 7.39. The Kier molecular flexibility index (Phi) is 3.09. The Labute approximate surface area is 119 Å². The molecule has 2 aromatic rings. The second-order valence-electron chi connectivity index (χ2n) is 5.09. The first kappa shape index (κ1) is 13.2. The number of fused-ring (bicyclic) bond motifs is 1. The molecular weight excluding hydrogens is 278 g/mol. The zero-order chi connectivity index (χ0) is 14.4. The van der Waals surface area contributed by atoms with Gasteiger partial charge in [-0.05, 0) is 36.6 Å². The maximum absolute atomic E-state index is 13.9. The first-order valence-electron chi connectivity index (χ1n) is 6.37. The Morgan fingerprint density at radius 1 is 1.30 bits per heavy atom. The maximum atomic E-state index is 13.9. The molecular formula is C15H14F2N2S. The molecule has 104 valence electrons. The number of thiazole rings is 1. The van der Waals surface area contributed by atoms with Gasteiger partial charge in [0.2, 0.25) is 0 Å². The van der Waals surface area contributed by atoms with E-state index in [1.165, 1.54) is 29.5 Å². The summed E-state index contributed by atoms with van der Waals surface area (Å²) >= 11 is 1.47. The molecule has 0 aliphatic heterocycles. The van der Waals surface area contributed by atoms with Gasteiger partial charge in [0, 0.05) is 12.0 Å². The second kappa shape index (κ2) is 4.66. The highest BCUT2D eigenvalue weighted by Crippen LogP contribution is 2.41. The fourth-order valence-corrected chi connectivity index (χ4v) is 3.56. The van der Waals surface area contributed by atoms with Gasteiger partial charge in [-0.1, -0.05) is 6.92 Å². The molecule has 1 aliphatic carbocycles. The minimum atomic E-state index is -0.393. The van der Waals surface area contributed by atoms with E-state index in [-0.39, 0.29) is 23.4 Å². The molecule has 2 unspecified atom stereocenters. The summed E-state index contributed by atoms with van der Waals surface area (Å²) < 4.78 is 28.0. The molecule has 1 aromatic heterocycles. The average Bonchev–Trinajstić information content (AvgIpc) is 2.83. The minimum Gasteiger partial charge on any atom is -0.396 e. The van der Waals surface area contributed by atoms with Crippen molar-refractivity contribution in [3.8, 4) is 0 Å². The number of hydrogen-bond acceptors (Lipinski definition) is 3. The molecule has 1 aliphatic rings. The third-order valence-corrected chi connectivity index (χ3v) is 5.02. The standard InChI is InChI=1S/C15H14F2N2S/c1-7-8(2)14(18)11(17)6-10(7)15-19-12-5-9(16)3-4-13(12)20-15/h3-7,10H,18H2,1-2H3. The summed E-state index contributed by atoms with van der Waals surface area (Å²) in [6.07, 6.45) is 1.51. The molecule has 0 saturated heterocycles. The van der Waals surface area contributed by atoms with Crippen LogP contribution < -0.4 is 5.73 Å². The zero-order valence-electron chi connectivity index (χ0n) is 11.2. The summed E-state index contributed by atoms with van der Waals surface area (Å²) in [6, 6.07) is 4.52. The summed E-state index contributed by atoms with van der Waals surface area (Å²) in [6.45, 7) is 3.84. The molecule has 2 atom stereocenters. The summed E-state index contributed by atoms with van der Waals surface area (Å²) in [7, 11) is 0. The van der Waals surface area contributed by atoms with E-state index < -0.39 is 5.83 Å². The lowest BCUT2D eigenvalue weighted by Gasteiger charge is -2.25. The predicted octanol–water partition coefficient (Wildman–Crippen LogP) is 4.25. The third kappa shape index (κ3) is 2.02. The van der Waals surface area contributed by atoms with Crippen LogP contribution in [0, 0.1) is 11.7 Å². The molecule has 0 fully saturated rings. The number of aromatic nitrogens is 1. The van der Waals surface area contributed by atoms with Crippen molar-refractivity contribution < 1.29 is 8.78 Å². The van der Waals surface area contributed by atoms with Crippen LogP contribution >= 0.6 is 11.3 Å². The van der Waals surface area contributed by atoms with Crippen LogP contribution in [0.25, 0.3) is 10.2 Å². The normalized spacial score (nSPS) is 23.3. The van der Waals surface area contributed by atoms with E-state index in [1.54, 1.807) is 6.07 Å². The summed E-state index contributed by atoms with van der Waals surface area (Å²) in [4.78, 5) is 4.45. The highest BCUT2D eigenvalue weighted by atomic mass is 32.1. The first-order chi connectivity index (χ1) is 9.47. The van der Waals surface area contributed by atoms with Gasteiger partial charge in [0.05, 0.1) is 15.9 Å². The molecule has 5 heteroatoms. The van der Waals surface area contributed by atoms with Crippen molar-refractivity contribution in [3.05, 3.63) is 52.2 Å². The Bertz CT molecular complexity index is 745. The SMILES string of the molecule is CC1=C(N)C(F)=CC(c2nc3cc(F)ccc3s2)C1C. The third-order valence-electron chi connectivity index (χ3n) is 3.88. The smallest absolute Gasteiger partial charge is 0.142 e. The Hall–Kier alpha value is -1.75. The monoisotopic (exact) mass is 292 g/mol. The number of halogens is 2. The van der Waals surface area contributed by atoms with Crippen LogP contribution in [-0.4, -0.2) is 4.98 Å². The molecule has 3 rings (SSSR count). The van der Waals surface area contributed by atoms with Gasteiger partial charge in [-0.3, -0.25) is 0 Å². The predicted molar refractivity (Wildman–Crippen MR) is 77.6 cm³/mol.